The molecule has 1 aromatic carbocycles. The highest BCUT2D eigenvalue weighted by atomic mass is 16.3. The molecule has 1 spiro atoms. The largest absolute Gasteiger partial charge is 0.397 e. The molecule has 2 amide bonds. The lowest BCUT2D eigenvalue weighted by Crippen LogP contribution is -2.62. The van der Waals surface area contributed by atoms with Crippen molar-refractivity contribution in [3.05, 3.63) is 35.7 Å². The fourth-order valence-corrected chi connectivity index (χ4v) is 4.37. The van der Waals surface area contributed by atoms with Crippen molar-refractivity contribution in [1.82, 2.24) is 25.2 Å². The van der Waals surface area contributed by atoms with Crippen LogP contribution in [-0.2, 0) is 6.54 Å². The van der Waals surface area contributed by atoms with Crippen molar-refractivity contribution >= 4 is 23.2 Å². The number of aliphatic hydroxyl groups is 1. The summed E-state index contributed by atoms with van der Waals surface area (Å²) in [5, 5.41) is 19.7. The van der Waals surface area contributed by atoms with Gasteiger partial charge >= 0.3 is 0 Å². The number of likely N-dealkylation sites (tertiary alicyclic amines) is 1. The van der Waals surface area contributed by atoms with E-state index < -0.39 is 5.54 Å². The first-order valence-electron chi connectivity index (χ1n) is 9.74. The number of nitrogen functional groups attached to an aromatic ring is 2. The van der Waals surface area contributed by atoms with E-state index in [2.05, 4.69) is 15.6 Å². The van der Waals surface area contributed by atoms with E-state index >= 15 is 0 Å². The summed E-state index contributed by atoms with van der Waals surface area (Å²) in [5.41, 5.74) is 12.8. The molecule has 1 atom stereocenters. The van der Waals surface area contributed by atoms with E-state index in [0.717, 1.165) is 19.3 Å². The van der Waals surface area contributed by atoms with E-state index in [-0.39, 0.29) is 36.7 Å². The van der Waals surface area contributed by atoms with Crippen LogP contribution in [0.1, 0.15) is 46.5 Å². The summed E-state index contributed by atoms with van der Waals surface area (Å²) in [6, 6.07) is 4.91. The summed E-state index contributed by atoms with van der Waals surface area (Å²) in [5.74, 6) is -0.483. The summed E-state index contributed by atoms with van der Waals surface area (Å²) in [7, 11) is 0. The van der Waals surface area contributed by atoms with Crippen molar-refractivity contribution < 1.29 is 14.7 Å². The maximum Gasteiger partial charge on any atom is 0.273 e. The number of rotatable bonds is 5. The topological polar surface area (TPSA) is 152 Å². The Morgan fingerprint density at radius 2 is 2.10 bits per heavy atom. The number of carbonyl (C=O) groups excluding carboxylic acids is 2. The zero-order valence-electron chi connectivity index (χ0n) is 16.0. The van der Waals surface area contributed by atoms with Crippen LogP contribution in [0.5, 0.6) is 0 Å². The third-order valence-electron chi connectivity index (χ3n) is 6.07. The highest BCUT2D eigenvalue weighted by Gasteiger charge is 2.55. The van der Waals surface area contributed by atoms with Crippen molar-refractivity contribution in [3.63, 3.8) is 0 Å². The third kappa shape index (κ3) is 3.19. The van der Waals surface area contributed by atoms with Gasteiger partial charge in [0.1, 0.15) is 0 Å². The van der Waals surface area contributed by atoms with Gasteiger partial charge in [0.05, 0.1) is 47.9 Å². The highest BCUT2D eigenvalue weighted by molar-refractivity contribution is 6.02. The molecule has 0 bridgehead atoms. The Bertz CT molecular complexity index is 938. The van der Waals surface area contributed by atoms with Crippen LogP contribution in [-0.4, -0.2) is 61.5 Å². The second kappa shape index (κ2) is 7.36. The number of amides is 2. The van der Waals surface area contributed by atoms with Gasteiger partial charge in [-0.1, -0.05) is 11.3 Å². The molecule has 2 aromatic rings. The number of nitrogens with one attached hydrogen (secondary N) is 1. The summed E-state index contributed by atoms with van der Waals surface area (Å²) in [4.78, 5) is 27.7. The maximum absolute atomic E-state index is 13.2. The van der Waals surface area contributed by atoms with Crippen molar-refractivity contribution in [2.45, 2.75) is 43.8 Å². The Labute approximate surface area is 167 Å². The van der Waals surface area contributed by atoms with Crippen LogP contribution in [0.4, 0.5) is 11.4 Å². The van der Waals surface area contributed by atoms with Gasteiger partial charge in [-0.05, 0) is 37.8 Å². The zero-order valence-corrected chi connectivity index (χ0v) is 16.0. The normalized spacial score (nSPS) is 19.9. The second-order valence-corrected chi connectivity index (χ2v) is 7.63. The van der Waals surface area contributed by atoms with Gasteiger partial charge in [0.25, 0.3) is 11.8 Å². The number of hydrogen-bond acceptors (Lipinski definition) is 7. The van der Waals surface area contributed by atoms with Crippen LogP contribution in [0.15, 0.2) is 24.4 Å². The van der Waals surface area contributed by atoms with Crippen LogP contribution >= 0.6 is 0 Å². The van der Waals surface area contributed by atoms with Gasteiger partial charge in [-0.25, -0.2) is 4.68 Å². The van der Waals surface area contributed by atoms with Crippen LogP contribution in [0, 0.1) is 0 Å². The predicted molar refractivity (Wildman–Crippen MR) is 106 cm³/mol. The van der Waals surface area contributed by atoms with Gasteiger partial charge < -0.3 is 26.8 Å². The fraction of sp³-hybridized carbons (Fsp3) is 0.474. The lowest BCUT2D eigenvalue weighted by molar-refractivity contribution is 0.0260. The molecule has 2 fully saturated rings. The molecule has 1 aliphatic heterocycles. The van der Waals surface area contributed by atoms with Crippen molar-refractivity contribution in [2.24, 2.45) is 0 Å². The van der Waals surface area contributed by atoms with E-state index in [4.69, 9.17) is 16.6 Å². The number of nitrogens with two attached hydrogens (primary N) is 2. The van der Waals surface area contributed by atoms with E-state index in [1.807, 2.05) is 4.90 Å². The molecule has 1 unspecified atom stereocenters. The molecule has 2 aliphatic rings. The summed E-state index contributed by atoms with van der Waals surface area (Å²) in [6.07, 6.45) is 4.80. The monoisotopic (exact) mass is 399 g/mol. The lowest BCUT2D eigenvalue weighted by atomic mass is 9.71. The molecular formula is C19H25N7O3. The van der Waals surface area contributed by atoms with Crippen LogP contribution in [0.25, 0.3) is 0 Å². The van der Waals surface area contributed by atoms with Crippen LogP contribution < -0.4 is 16.8 Å². The molecule has 10 heteroatoms. The number of aliphatic hydroxyl groups excluding tert-OH is 1. The van der Waals surface area contributed by atoms with Gasteiger partial charge in [0.15, 0.2) is 5.69 Å². The molecule has 6 N–H and O–H groups in total. The van der Waals surface area contributed by atoms with Gasteiger partial charge in [-0.2, -0.15) is 0 Å². The van der Waals surface area contributed by atoms with Crippen molar-refractivity contribution in [3.8, 4) is 0 Å². The van der Waals surface area contributed by atoms with Gasteiger partial charge in [-0.15, -0.1) is 5.10 Å². The quantitative estimate of drug-likeness (QED) is 0.516. The number of carbonyl (C=O) groups is 2. The lowest BCUT2D eigenvalue weighted by Gasteiger charge is -2.49. The molecule has 1 aromatic heterocycles. The highest BCUT2D eigenvalue weighted by Crippen LogP contribution is 2.46. The van der Waals surface area contributed by atoms with E-state index in [9.17, 15) is 9.59 Å². The Morgan fingerprint density at radius 3 is 2.79 bits per heavy atom. The van der Waals surface area contributed by atoms with Crippen LogP contribution in [0.3, 0.4) is 0 Å². The fourth-order valence-electron chi connectivity index (χ4n) is 4.37. The Hall–Kier alpha value is -3.14. The van der Waals surface area contributed by atoms with E-state index in [1.165, 1.54) is 10.9 Å². The Morgan fingerprint density at radius 1 is 1.31 bits per heavy atom. The van der Waals surface area contributed by atoms with Crippen molar-refractivity contribution in [1.29, 1.82) is 0 Å². The molecular weight excluding hydrogens is 374 g/mol. The Kier molecular flexibility index (Phi) is 4.87. The average molecular weight is 399 g/mol. The van der Waals surface area contributed by atoms with E-state index in [1.54, 1.807) is 18.2 Å². The standard InChI is InChI=1S/C19H25N7O3/c20-13-4-1-3-12(16(13)21)18(29)26-8-5-15(19(26)6-2-7-19)22-17(28)14-11-25(9-10-27)24-23-14/h1,3-4,11,15,27H,2,5-10,20-21H2,(H,22,28). The number of aromatic nitrogens is 3. The van der Waals surface area contributed by atoms with Crippen LogP contribution in [0.2, 0.25) is 0 Å². The number of nitrogens with zero attached hydrogens (tertiary/aromatic N) is 4. The van der Waals surface area contributed by atoms with Crippen molar-refractivity contribution in [2.75, 3.05) is 24.6 Å². The summed E-state index contributed by atoms with van der Waals surface area (Å²) < 4.78 is 1.42. The smallest absolute Gasteiger partial charge is 0.273 e. The molecule has 1 saturated heterocycles. The summed E-state index contributed by atoms with van der Waals surface area (Å²) in [6.45, 7) is 0.729. The number of benzene rings is 1. The first kappa shape index (κ1) is 19.2. The zero-order chi connectivity index (χ0) is 20.6. The first-order valence-corrected chi connectivity index (χ1v) is 9.74. The van der Waals surface area contributed by atoms with Gasteiger partial charge in [0.2, 0.25) is 0 Å². The minimum Gasteiger partial charge on any atom is -0.397 e. The molecule has 10 nitrogen and oxygen atoms in total. The molecule has 0 radical (unpaired) electrons. The van der Waals surface area contributed by atoms with Gasteiger partial charge in [-0.3, -0.25) is 9.59 Å². The molecule has 154 valence electrons. The average Bonchev–Trinajstić information content (AvgIpc) is 3.28. The maximum atomic E-state index is 13.2. The van der Waals surface area contributed by atoms with E-state index in [0.29, 0.717) is 29.9 Å². The Balaban J connectivity index is 1.52. The first-order chi connectivity index (χ1) is 14.0. The molecule has 4 rings (SSSR count). The molecule has 2 heterocycles. The number of para-hydroxylation sites is 1. The predicted octanol–water partition coefficient (Wildman–Crippen LogP) is 0.00200. The number of anilines is 2. The summed E-state index contributed by atoms with van der Waals surface area (Å²) >= 11 is 0. The second-order valence-electron chi connectivity index (χ2n) is 7.63. The molecule has 29 heavy (non-hydrogen) atoms. The SMILES string of the molecule is Nc1cccc(C(=O)N2CCC(NC(=O)c3cn(CCO)nn3)C23CCC3)c1N. The number of hydrogen-bond donors (Lipinski definition) is 4. The minimum absolute atomic E-state index is 0.0830. The third-order valence-corrected chi connectivity index (χ3v) is 6.07. The molecule has 1 aliphatic carbocycles. The van der Waals surface area contributed by atoms with Gasteiger partial charge in [0, 0.05) is 6.54 Å². The minimum atomic E-state index is -0.412. The molecule has 1 saturated carbocycles.